The monoisotopic (exact) mass is 650 g/mol. The summed E-state index contributed by atoms with van der Waals surface area (Å²) in [6.07, 6.45) is 0. The molecular formula is C47H30N4. The zero-order valence-electron chi connectivity index (χ0n) is 27.6. The van der Waals surface area contributed by atoms with Crippen LogP contribution in [-0.2, 0) is 0 Å². The third-order valence-corrected chi connectivity index (χ3v) is 9.48. The van der Waals surface area contributed by atoms with Crippen LogP contribution in [0.25, 0.3) is 83.6 Å². The van der Waals surface area contributed by atoms with E-state index in [2.05, 4.69) is 150 Å². The molecule has 0 radical (unpaired) electrons. The summed E-state index contributed by atoms with van der Waals surface area (Å²) in [5.74, 6) is 1.36. The Morgan fingerprint density at radius 2 is 0.824 bits per heavy atom. The molecular weight excluding hydrogens is 621 g/mol. The molecule has 0 atom stereocenters. The van der Waals surface area contributed by atoms with Gasteiger partial charge in [0.15, 0.2) is 5.82 Å². The first-order valence-corrected chi connectivity index (χ1v) is 17.0. The number of nitriles is 1. The van der Waals surface area contributed by atoms with Crippen molar-refractivity contribution in [3.63, 3.8) is 0 Å². The van der Waals surface area contributed by atoms with Gasteiger partial charge in [0.1, 0.15) is 5.82 Å². The summed E-state index contributed by atoms with van der Waals surface area (Å²) in [4.78, 5) is 10.3. The van der Waals surface area contributed by atoms with Crippen molar-refractivity contribution in [2.75, 3.05) is 0 Å². The van der Waals surface area contributed by atoms with Crippen LogP contribution in [0.15, 0.2) is 182 Å². The van der Waals surface area contributed by atoms with Gasteiger partial charge in [0, 0.05) is 28.0 Å². The van der Waals surface area contributed by atoms with Crippen molar-refractivity contribution in [3.8, 4) is 67.9 Å². The van der Waals surface area contributed by atoms with E-state index in [1.807, 2.05) is 42.5 Å². The number of hydrogen-bond acceptors (Lipinski definition) is 3. The summed E-state index contributed by atoms with van der Waals surface area (Å²) in [7, 11) is 0. The van der Waals surface area contributed by atoms with Gasteiger partial charge in [-0.25, -0.2) is 9.97 Å². The van der Waals surface area contributed by atoms with Crippen molar-refractivity contribution in [3.05, 3.63) is 188 Å². The molecule has 0 aliphatic carbocycles. The molecule has 4 nitrogen and oxygen atoms in total. The van der Waals surface area contributed by atoms with Gasteiger partial charge in [-0.05, 0) is 81.9 Å². The van der Waals surface area contributed by atoms with Gasteiger partial charge in [0.2, 0.25) is 0 Å². The summed E-state index contributed by atoms with van der Waals surface area (Å²) in [6, 6.07) is 65.1. The summed E-state index contributed by atoms with van der Waals surface area (Å²) >= 11 is 0. The Balaban J connectivity index is 1.28. The minimum atomic E-state index is 0.593. The van der Waals surface area contributed by atoms with Gasteiger partial charge in [-0.2, -0.15) is 5.26 Å². The first-order valence-electron chi connectivity index (χ1n) is 17.0. The van der Waals surface area contributed by atoms with Crippen molar-refractivity contribution >= 4 is 21.8 Å². The highest BCUT2D eigenvalue weighted by molar-refractivity contribution is 6.11. The molecule has 0 N–H and O–H groups in total. The van der Waals surface area contributed by atoms with Crippen LogP contribution in [0.1, 0.15) is 5.56 Å². The average molecular weight is 651 g/mol. The first-order chi connectivity index (χ1) is 25.2. The number of aromatic nitrogens is 3. The zero-order valence-corrected chi connectivity index (χ0v) is 27.6. The normalized spacial score (nSPS) is 11.1. The van der Waals surface area contributed by atoms with E-state index in [1.165, 1.54) is 16.7 Å². The van der Waals surface area contributed by atoms with E-state index in [1.54, 1.807) is 0 Å². The third kappa shape index (κ3) is 5.63. The SMILES string of the molecule is N#Cc1ccc(-c2nc(-c3ccc(-c4ccccc4)cc3)cc(-n3c4ccc(-c5ccccc5)cc4c4cc(-c5ccccc5)ccc43)n2)cc1. The number of rotatable bonds is 6. The topological polar surface area (TPSA) is 54.5 Å². The highest BCUT2D eigenvalue weighted by Gasteiger charge is 2.18. The van der Waals surface area contributed by atoms with E-state index in [9.17, 15) is 5.26 Å². The summed E-state index contributed by atoms with van der Waals surface area (Å²) in [5.41, 5.74) is 12.3. The van der Waals surface area contributed by atoms with E-state index in [-0.39, 0.29) is 0 Å². The highest BCUT2D eigenvalue weighted by Crippen LogP contribution is 2.38. The minimum absolute atomic E-state index is 0.593. The lowest BCUT2D eigenvalue weighted by Gasteiger charge is -2.13. The second kappa shape index (κ2) is 12.7. The molecule has 0 saturated heterocycles. The molecule has 238 valence electrons. The van der Waals surface area contributed by atoms with Crippen LogP contribution in [0.4, 0.5) is 0 Å². The van der Waals surface area contributed by atoms with Gasteiger partial charge in [-0.15, -0.1) is 0 Å². The number of benzene rings is 7. The Morgan fingerprint density at radius 3 is 1.33 bits per heavy atom. The maximum absolute atomic E-state index is 9.47. The van der Waals surface area contributed by atoms with E-state index < -0.39 is 0 Å². The Labute approximate surface area is 296 Å². The molecule has 0 aliphatic rings. The van der Waals surface area contributed by atoms with Crippen molar-refractivity contribution in [1.29, 1.82) is 5.26 Å². The molecule has 7 aromatic carbocycles. The Bertz CT molecular complexity index is 2610. The molecule has 0 saturated carbocycles. The van der Waals surface area contributed by atoms with E-state index >= 15 is 0 Å². The summed E-state index contributed by atoms with van der Waals surface area (Å²) < 4.78 is 2.25. The Kier molecular flexibility index (Phi) is 7.50. The number of fused-ring (bicyclic) bond motifs is 3. The minimum Gasteiger partial charge on any atom is -0.294 e. The molecule has 9 rings (SSSR count). The second-order valence-electron chi connectivity index (χ2n) is 12.6. The largest absolute Gasteiger partial charge is 0.294 e. The molecule has 2 heterocycles. The summed E-state index contributed by atoms with van der Waals surface area (Å²) in [6.45, 7) is 0. The lowest BCUT2D eigenvalue weighted by Crippen LogP contribution is -2.02. The quantitative estimate of drug-likeness (QED) is 0.180. The van der Waals surface area contributed by atoms with Crippen LogP contribution in [-0.4, -0.2) is 14.5 Å². The maximum Gasteiger partial charge on any atom is 0.162 e. The standard InChI is InChI=1S/C47H30N4/c48-31-32-16-18-38(19-17-32)47-49-43(37-22-20-36(21-23-37)33-10-4-1-5-11-33)30-46(50-47)51-44-26-24-39(34-12-6-2-7-13-34)28-41(44)42-29-40(25-27-45(42)51)35-14-8-3-9-15-35/h1-30H. The van der Waals surface area contributed by atoms with Crippen molar-refractivity contribution in [1.82, 2.24) is 14.5 Å². The lowest BCUT2D eigenvalue weighted by atomic mass is 10.0. The fraction of sp³-hybridized carbons (Fsp3) is 0. The first kappa shape index (κ1) is 30.0. The van der Waals surface area contributed by atoms with Crippen LogP contribution in [0.5, 0.6) is 0 Å². The van der Waals surface area contributed by atoms with Crippen LogP contribution in [0.3, 0.4) is 0 Å². The van der Waals surface area contributed by atoms with Crippen molar-refractivity contribution in [2.24, 2.45) is 0 Å². The van der Waals surface area contributed by atoms with E-state index in [0.717, 1.165) is 61.1 Å². The zero-order chi connectivity index (χ0) is 34.1. The number of hydrogen-bond donors (Lipinski definition) is 0. The number of nitrogens with zero attached hydrogens (tertiary/aromatic N) is 4. The van der Waals surface area contributed by atoms with Gasteiger partial charge < -0.3 is 0 Å². The predicted octanol–water partition coefficient (Wildman–Crippen LogP) is 11.8. The van der Waals surface area contributed by atoms with Crippen LogP contribution < -0.4 is 0 Å². The molecule has 0 unspecified atom stereocenters. The molecule has 0 amide bonds. The molecule has 0 spiro atoms. The van der Waals surface area contributed by atoms with E-state index in [0.29, 0.717) is 11.4 Å². The van der Waals surface area contributed by atoms with Crippen LogP contribution in [0.2, 0.25) is 0 Å². The van der Waals surface area contributed by atoms with Gasteiger partial charge in [0.25, 0.3) is 0 Å². The smallest absolute Gasteiger partial charge is 0.162 e. The van der Waals surface area contributed by atoms with Gasteiger partial charge in [-0.1, -0.05) is 127 Å². The molecule has 0 aliphatic heterocycles. The highest BCUT2D eigenvalue weighted by atomic mass is 15.1. The predicted molar refractivity (Wildman–Crippen MR) is 208 cm³/mol. The molecule has 2 aromatic heterocycles. The lowest BCUT2D eigenvalue weighted by molar-refractivity contribution is 1.05. The fourth-order valence-electron chi connectivity index (χ4n) is 6.87. The third-order valence-electron chi connectivity index (χ3n) is 9.48. The maximum atomic E-state index is 9.47. The van der Waals surface area contributed by atoms with Crippen molar-refractivity contribution < 1.29 is 0 Å². The molecule has 0 bridgehead atoms. The van der Waals surface area contributed by atoms with E-state index in [4.69, 9.17) is 9.97 Å². The molecule has 4 heteroatoms. The molecule has 9 aromatic rings. The Hall–Kier alpha value is -7.09. The van der Waals surface area contributed by atoms with Crippen LogP contribution >= 0.6 is 0 Å². The van der Waals surface area contributed by atoms with Crippen molar-refractivity contribution in [2.45, 2.75) is 0 Å². The second-order valence-corrected chi connectivity index (χ2v) is 12.6. The molecule has 51 heavy (non-hydrogen) atoms. The van der Waals surface area contributed by atoms with Gasteiger partial charge >= 0.3 is 0 Å². The van der Waals surface area contributed by atoms with Crippen LogP contribution in [0, 0.1) is 11.3 Å². The van der Waals surface area contributed by atoms with Gasteiger partial charge in [0.05, 0.1) is 28.4 Å². The summed E-state index contributed by atoms with van der Waals surface area (Å²) in [5, 5.41) is 11.8. The van der Waals surface area contributed by atoms with Gasteiger partial charge in [-0.3, -0.25) is 4.57 Å². The Morgan fingerprint density at radius 1 is 0.392 bits per heavy atom. The molecule has 0 fully saturated rings. The fourth-order valence-corrected chi connectivity index (χ4v) is 6.87. The average Bonchev–Trinajstić information content (AvgIpc) is 3.55.